The van der Waals surface area contributed by atoms with Crippen LogP contribution in [0, 0.1) is 12.8 Å². The number of carbonyl (C=O) groups excluding carboxylic acids is 2. The molecular weight excluding hydrogens is 496 g/mol. The first-order valence-electron chi connectivity index (χ1n) is 12.1. The lowest BCUT2D eigenvalue weighted by molar-refractivity contribution is -0.113. The maximum atomic E-state index is 12.9. The number of thioether (sulfide) groups is 1. The van der Waals surface area contributed by atoms with E-state index in [0.717, 1.165) is 41.0 Å². The van der Waals surface area contributed by atoms with Crippen LogP contribution in [0.25, 0.3) is 0 Å². The maximum absolute atomic E-state index is 12.9. The van der Waals surface area contributed by atoms with Crippen molar-refractivity contribution in [2.24, 2.45) is 5.92 Å². The molecule has 36 heavy (non-hydrogen) atoms. The van der Waals surface area contributed by atoms with Gasteiger partial charge in [0.1, 0.15) is 10.8 Å². The minimum atomic E-state index is -0.400. The van der Waals surface area contributed by atoms with Gasteiger partial charge in [0.25, 0.3) is 0 Å². The van der Waals surface area contributed by atoms with Crippen molar-refractivity contribution in [3.63, 3.8) is 0 Å². The number of esters is 1. The van der Waals surface area contributed by atoms with E-state index >= 15 is 0 Å². The molecule has 2 unspecified atom stereocenters. The van der Waals surface area contributed by atoms with Crippen LogP contribution in [0.3, 0.4) is 0 Å². The molecule has 192 valence electrons. The van der Waals surface area contributed by atoms with Gasteiger partial charge in [0, 0.05) is 11.4 Å². The molecule has 4 rings (SSSR count). The van der Waals surface area contributed by atoms with Gasteiger partial charge in [0.05, 0.1) is 18.4 Å². The highest BCUT2D eigenvalue weighted by Gasteiger charge is 2.29. The summed E-state index contributed by atoms with van der Waals surface area (Å²) in [4.78, 5) is 26.5. The van der Waals surface area contributed by atoms with Crippen LogP contribution in [0.15, 0.2) is 29.4 Å². The molecule has 2 atom stereocenters. The maximum Gasteiger partial charge on any atom is 0.341 e. The van der Waals surface area contributed by atoms with Gasteiger partial charge in [-0.15, -0.1) is 21.5 Å². The summed E-state index contributed by atoms with van der Waals surface area (Å²) >= 11 is 2.80. The summed E-state index contributed by atoms with van der Waals surface area (Å²) in [6.07, 6.45) is 2.47. The number of hydrogen-bond acceptors (Lipinski definition) is 8. The molecule has 0 fully saturated rings. The summed E-state index contributed by atoms with van der Waals surface area (Å²) in [7, 11) is 1.37. The largest absolute Gasteiger partial charge is 0.483 e. The normalized spacial score (nSPS) is 15.8. The second-order valence-corrected chi connectivity index (χ2v) is 11.1. The van der Waals surface area contributed by atoms with E-state index in [0.29, 0.717) is 34.0 Å². The van der Waals surface area contributed by atoms with E-state index in [1.165, 1.54) is 30.2 Å². The van der Waals surface area contributed by atoms with Crippen LogP contribution < -0.4 is 10.1 Å². The smallest absolute Gasteiger partial charge is 0.341 e. The molecular formula is C26H32N4O4S2. The summed E-state index contributed by atoms with van der Waals surface area (Å²) < 4.78 is 13.1. The molecule has 2 heterocycles. The number of thiophene rings is 1. The zero-order valence-corrected chi connectivity index (χ0v) is 22.9. The van der Waals surface area contributed by atoms with Crippen molar-refractivity contribution in [2.45, 2.75) is 64.8 Å². The van der Waals surface area contributed by atoms with Gasteiger partial charge in [-0.25, -0.2) is 4.79 Å². The molecule has 1 amide bonds. The molecule has 1 aromatic carbocycles. The number of methoxy groups -OCH3 is 1. The highest BCUT2D eigenvalue weighted by atomic mass is 32.2. The molecule has 0 saturated carbocycles. The number of amides is 1. The van der Waals surface area contributed by atoms with E-state index in [9.17, 15) is 9.59 Å². The molecule has 3 aromatic rings. The van der Waals surface area contributed by atoms with Crippen molar-refractivity contribution in [3.05, 3.63) is 51.7 Å². The molecule has 0 spiro atoms. The van der Waals surface area contributed by atoms with E-state index in [1.54, 1.807) is 0 Å². The SMILES string of the molecule is CCn1c(SCC(=O)Nc2sc3c(c2C(=O)OC)CCC(C)C3)nnc1C(C)Oc1cccc(C)c1. The first-order valence-corrected chi connectivity index (χ1v) is 13.9. The van der Waals surface area contributed by atoms with Gasteiger partial charge >= 0.3 is 5.97 Å². The number of rotatable bonds is 9. The minimum absolute atomic E-state index is 0.144. The summed E-state index contributed by atoms with van der Waals surface area (Å²) in [5.41, 5.74) is 2.64. The van der Waals surface area contributed by atoms with Crippen LogP contribution in [0.2, 0.25) is 0 Å². The van der Waals surface area contributed by atoms with Crippen molar-refractivity contribution >= 4 is 40.0 Å². The van der Waals surface area contributed by atoms with Crippen LogP contribution in [0.4, 0.5) is 5.00 Å². The summed E-state index contributed by atoms with van der Waals surface area (Å²) in [6.45, 7) is 8.83. The predicted octanol–water partition coefficient (Wildman–Crippen LogP) is 5.45. The lowest BCUT2D eigenvalue weighted by Crippen LogP contribution is -2.17. The highest BCUT2D eigenvalue weighted by Crippen LogP contribution is 2.40. The van der Waals surface area contributed by atoms with E-state index in [-0.39, 0.29) is 17.8 Å². The number of hydrogen-bond donors (Lipinski definition) is 1. The topological polar surface area (TPSA) is 95.3 Å². The number of carbonyl (C=O) groups is 2. The van der Waals surface area contributed by atoms with Crippen molar-refractivity contribution < 1.29 is 19.1 Å². The molecule has 1 N–H and O–H groups in total. The van der Waals surface area contributed by atoms with Gasteiger partial charge in [0.2, 0.25) is 5.91 Å². The van der Waals surface area contributed by atoms with Gasteiger partial charge in [-0.3, -0.25) is 4.79 Å². The molecule has 1 aliphatic carbocycles. The third-order valence-electron chi connectivity index (χ3n) is 6.21. The van der Waals surface area contributed by atoms with E-state index in [1.807, 2.05) is 49.6 Å². The Balaban J connectivity index is 1.44. The monoisotopic (exact) mass is 528 g/mol. The highest BCUT2D eigenvalue weighted by molar-refractivity contribution is 7.99. The molecule has 0 saturated heterocycles. The zero-order chi connectivity index (χ0) is 25.8. The molecule has 2 aromatic heterocycles. The second-order valence-electron chi connectivity index (χ2n) is 9.05. The molecule has 1 aliphatic rings. The Bertz CT molecular complexity index is 1250. The van der Waals surface area contributed by atoms with E-state index < -0.39 is 5.97 Å². The van der Waals surface area contributed by atoms with Crippen LogP contribution in [0.1, 0.15) is 65.5 Å². The summed E-state index contributed by atoms with van der Waals surface area (Å²) in [5, 5.41) is 12.8. The first-order chi connectivity index (χ1) is 17.3. The van der Waals surface area contributed by atoms with Crippen LogP contribution in [-0.4, -0.2) is 39.5 Å². The van der Waals surface area contributed by atoms with Gasteiger partial charge < -0.3 is 19.4 Å². The Morgan fingerprint density at radius 3 is 2.86 bits per heavy atom. The van der Waals surface area contributed by atoms with Crippen molar-refractivity contribution in [2.75, 3.05) is 18.2 Å². The minimum Gasteiger partial charge on any atom is -0.483 e. The Morgan fingerprint density at radius 2 is 2.14 bits per heavy atom. The summed E-state index contributed by atoms with van der Waals surface area (Å²) in [6, 6.07) is 7.88. The number of ether oxygens (including phenoxy) is 2. The Labute approximate surface area is 219 Å². The van der Waals surface area contributed by atoms with Crippen molar-refractivity contribution in [3.8, 4) is 5.75 Å². The number of aryl methyl sites for hydroxylation is 1. The molecule has 0 bridgehead atoms. The zero-order valence-electron chi connectivity index (χ0n) is 21.3. The quantitative estimate of drug-likeness (QED) is 0.291. The Kier molecular flexibility index (Phi) is 8.35. The van der Waals surface area contributed by atoms with Gasteiger partial charge in [-0.2, -0.15) is 0 Å². The van der Waals surface area contributed by atoms with Crippen LogP contribution in [-0.2, 0) is 28.9 Å². The second kappa shape index (κ2) is 11.5. The molecule has 0 radical (unpaired) electrons. The third kappa shape index (κ3) is 5.75. The van der Waals surface area contributed by atoms with E-state index in [2.05, 4.69) is 22.4 Å². The van der Waals surface area contributed by atoms with Crippen LogP contribution in [0.5, 0.6) is 5.75 Å². The third-order valence-corrected chi connectivity index (χ3v) is 8.35. The first kappa shape index (κ1) is 26.2. The average Bonchev–Trinajstić information content (AvgIpc) is 3.42. The van der Waals surface area contributed by atoms with E-state index in [4.69, 9.17) is 9.47 Å². The fraction of sp³-hybridized carbons (Fsp3) is 0.462. The lowest BCUT2D eigenvalue weighted by Gasteiger charge is -2.18. The number of benzene rings is 1. The molecule has 8 nitrogen and oxygen atoms in total. The predicted molar refractivity (Wildman–Crippen MR) is 142 cm³/mol. The van der Waals surface area contributed by atoms with Crippen molar-refractivity contribution in [1.29, 1.82) is 0 Å². The molecule has 10 heteroatoms. The fourth-order valence-corrected chi connectivity index (χ4v) is 6.62. The lowest BCUT2D eigenvalue weighted by atomic mass is 9.88. The van der Waals surface area contributed by atoms with Gasteiger partial charge in [-0.1, -0.05) is 30.8 Å². The number of fused-ring (bicyclic) bond motifs is 1. The number of anilines is 1. The fourth-order valence-electron chi connectivity index (χ4n) is 4.40. The number of nitrogens with one attached hydrogen (secondary N) is 1. The standard InChI is InChI=1S/C26H32N4O4S2/c1-6-30-23(17(4)34-18-9-7-8-15(2)12-18)28-29-26(30)35-14-21(31)27-24-22(25(32)33-5)19-11-10-16(3)13-20(19)36-24/h7-9,12,16-17H,6,10-11,13-14H2,1-5H3,(H,27,31). The molecule has 0 aliphatic heterocycles. The average molecular weight is 529 g/mol. The van der Waals surface area contributed by atoms with Gasteiger partial charge in [-0.05, 0) is 69.2 Å². The Hall–Kier alpha value is -2.85. The van der Waals surface area contributed by atoms with Crippen LogP contribution >= 0.6 is 23.1 Å². The van der Waals surface area contributed by atoms with Crippen molar-refractivity contribution in [1.82, 2.24) is 14.8 Å². The number of nitrogens with zero attached hydrogens (tertiary/aromatic N) is 3. The van der Waals surface area contributed by atoms with Gasteiger partial charge in [0.15, 0.2) is 17.1 Å². The summed E-state index contributed by atoms with van der Waals surface area (Å²) in [5.74, 6) is 1.58. The number of aromatic nitrogens is 3. The Morgan fingerprint density at radius 1 is 1.33 bits per heavy atom.